The zero-order chi connectivity index (χ0) is 21.9. The van der Waals surface area contributed by atoms with Crippen molar-refractivity contribution in [2.75, 3.05) is 26.8 Å². The average molecular weight is 435 g/mol. The van der Waals surface area contributed by atoms with Crippen LogP contribution in [0.5, 0.6) is 5.75 Å². The van der Waals surface area contributed by atoms with E-state index in [1.165, 1.54) is 5.56 Å². The topological polar surface area (TPSA) is 69.5 Å². The zero-order valence-electron chi connectivity index (χ0n) is 18.6. The molecule has 2 saturated heterocycles. The Balaban J connectivity index is 1.33. The number of methoxy groups -OCH3 is 1. The molecule has 0 aliphatic carbocycles. The number of nitrogens with zero attached hydrogens (tertiary/aromatic N) is 4. The van der Waals surface area contributed by atoms with E-state index in [4.69, 9.17) is 14.5 Å². The third-order valence-corrected chi connectivity index (χ3v) is 6.64. The molecule has 2 aliphatic rings. The van der Waals surface area contributed by atoms with Crippen LogP contribution in [-0.2, 0) is 22.4 Å². The lowest BCUT2D eigenvalue weighted by Crippen LogP contribution is -2.44. The van der Waals surface area contributed by atoms with Gasteiger partial charge in [0.1, 0.15) is 23.2 Å². The molecule has 2 aromatic heterocycles. The normalized spacial score (nSPS) is 19.5. The molecule has 0 N–H and O–H groups in total. The number of amides is 1. The highest BCUT2D eigenvalue weighted by Gasteiger charge is 2.32. The van der Waals surface area contributed by atoms with Gasteiger partial charge in [-0.05, 0) is 61.9 Å². The zero-order valence-corrected chi connectivity index (χ0v) is 18.6. The second-order valence-corrected chi connectivity index (χ2v) is 8.65. The first-order chi connectivity index (χ1) is 15.7. The van der Waals surface area contributed by atoms with Crippen molar-refractivity contribution in [3.8, 4) is 5.75 Å². The van der Waals surface area contributed by atoms with Crippen LogP contribution in [0, 0.1) is 0 Å². The lowest BCUT2D eigenvalue weighted by atomic mass is 10.0. The Hall–Kier alpha value is -2.93. The number of carbonyl (C=O) groups excluding carboxylic acids is 1. The molecule has 4 heterocycles. The summed E-state index contributed by atoms with van der Waals surface area (Å²) in [5, 5.41) is 0. The number of rotatable bonds is 6. The number of imidazole rings is 1. The maximum Gasteiger partial charge on any atom is 0.251 e. The van der Waals surface area contributed by atoms with Gasteiger partial charge < -0.3 is 18.9 Å². The molecule has 1 unspecified atom stereocenters. The molecular weight excluding hydrogens is 404 g/mol. The fourth-order valence-corrected chi connectivity index (χ4v) is 4.94. The van der Waals surface area contributed by atoms with Crippen LogP contribution in [0.1, 0.15) is 43.1 Å². The molecule has 0 saturated carbocycles. The summed E-state index contributed by atoms with van der Waals surface area (Å²) in [5.41, 5.74) is 3.11. The van der Waals surface area contributed by atoms with E-state index in [0.717, 1.165) is 74.4 Å². The first kappa shape index (κ1) is 20.9. The van der Waals surface area contributed by atoms with E-state index in [2.05, 4.69) is 21.7 Å². The summed E-state index contributed by atoms with van der Waals surface area (Å²) < 4.78 is 13.3. The summed E-state index contributed by atoms with van der Waals surface area (Å²) in [5.74, 6) is 2.10. The third-order valence-electron chi connectivity index (χ3n) is 6.64. The number of carbonyl (C=O) groups is 1. The van der Waals surface area contributed by atoms with E-state index in [9.17, 15) is 4.79 Å². The third kappa shape index (κ3) is 4.21. The second-order valence-electron chi connectivity index (χ2n) is 8.65. The van der Waals surface area contributed by atoms with E-state index >= 15 is 0 Å². The molecule has 1 amide bonds. The van der Waals surface area contributed by atoms with Gasteiger partial charge in [-0.25, -0.2) is 9.97 Å². The number of pyridine rings is 1. The van der Waals surface area contributed by atoms with Crippen LogP contribution in [-0.4, -0.2) is 58.3 Å². The predicted molar refractivity (Wildman–Crippen MR) is 122 cm³/mol. The molecule has 0 bridgehead atoms. The number of ether oxygens (including phenoxy) is 2. The Morgan fingerprint density at radius 2 is 2.03 bits per heavy atom. The Morgan fingerprint density at radius 3 is 2.81 bits per heavy atom. The van der Waals surface area contributed by atoms with Crippen LogP contribution < -0.4 is 4.74 Å². The van der Waals surface area contributed by atoms with Gasteiger partial charge in [-0.2, -0.15) is 0 Å². The average Bonchev–Trinajstić information content (AvgIpc) is 3.51. The number of aryl methyl sites for hydroxylation is 2. The largest absolute Gasteiger partial charge is 0.497 e. The van der Waals surface area contributed by atoms with Crippen LogP contribution in [0.4, 0.5) is 0 Å². The van der Waals surface area contributed by atoms with E-state index in [-0.39, 0.29) is 12.0 Å². The van der Waals surface area contributed by atoms with Crippen LogP contribution in [0.2, 0.25) is 0 Å². The lowest BCUT2D eigenvalue weighted by Gasteiger charge is -2.34. The summed E-state index contributed by atoms with van der Waals surface area (Å²) in [7, 11) is 1.69. The lowest BCUT2D eigenvalue weighted by molar-refractivity contribution is -0.142. The van der Waals surface area contributed by atoms with Crippen LogP contribution >= 0.6 is 0 Å². The predicted octanol–water partition coefficient (Wildman–Crippen LogP) is 3.57. The van der Waals surface area contributed by atoms with Gasteiger partial charge in [0, 0.05) is 38.4 Å². The Bertz CT molecular complexity index is 1080. The van der Waals surface area contributed by atoms with Gasteiger partial charge in [-0.1, -0.05) is 12.1 Å². The molecule has 0 spiro atoms. The molecular formula is C25H30N4O3. The van der Waals surface area contributed by atoms with Crippen molar-refractivity contribution in [3.05, 3.63) is 54.0 Å². The molecule has 5 rings (SSSR count). The van der Waals surface area contributed by atoms with Crippen molar-refractivity contribution in [1.82, 2.24) is 19.4 Å². The van der Waals surface area contributed by atoms with Crippen molar-refractivity contribution in [2.45, 2.75) is 50.7 Å². The monoisotopic (exact) mass is 434 g/mol. The highest BCUT2D eigenvalue weighted by Crippen LogP contribution is 2.30. The molecule has 168 valence electrons. The van der Waals surface area contributed by atoms with Crippen molar-refractivity contribution in [2.24, 2.45) is 0 Å². The van der Waals surface area contributed by atoms with Gasteiger partial charge in [-0.15, -0.1) is 0 Å². The number of hydrogen-bond acceptors (Lipinski definition) is 5. The number of piperidine rings is 1. The minimum absolute atomic E-state index is 0.160. The molecule has 1 atom stereocenters. The van der Waals surface area contributed by atoms with E-state index in [1.807, 2.05) is 35.4 Å². The van der Waals surface area contributed by atoms with Crippen molar-refractivity contribution < 1.29 is 14.3 Å². The molecule has 7 heteroatoms. The second kappa shape index (κ2) is 9.28. The minimum atomic E-state index is -0.235. The van der Waals surface area contributed by atoms with E-state index < -0.39 is 0 Å². The standard InChI is InChI=1S/C25H30N4O3/c1-31-20-6-2-5-18(17-20)9-10-23-27-21-7-3-13-26-24(21)29(23)19-11-14-28(15-12-19)25(30)22-8-4-16-32-22/h2-3,5-7,13,17,19,22H,4,8-12,14-16H2,1H3. The molecule has 3 aromatic rings. The molecule has 0 radical (unpaired) electrons. The molecule has 7 nitrogen and oxygen atoms in total. The smallest absolute Gasteiger partial charge is 0.251 e. The Morgan fingerprint density at radius 1 is 1.16 bits per heavy atom. The number of hydrogen-bond donors (Lipinski definition) is 0. The summed E-state index contributed by atoms with van der Waals surface area (Å²) in [6.07, 6.45) is 6.97. The van der Waals surface area contributed by atoms with Crippen LogP contribution in [0.25, 0.3) is 11.2 Å². The summed E-state index contributed by atoms with van der Waals surface area (Å²) in [6, 6.07) is 12.5. The van der Waals surface area contributed by atoms with Crippen LogP contribution in [0.15, 0.2) is 42.6 Å². The Kier molecular flexibility index (Phi) is 6.08. The fourth-order valence-electron chi connectivity index (χ4n) is 4.94. The maximum absolute atomic E-state index is 12.7. The fraction of sp³-hybridized carbons (Fsp3) is 0.480. The van der Waals surface area contributed by atoms with Crippen LogP contribution in [0.3, 0.4) is 0 Å². The number of likely N-dealkylation sites (tertiary alicyclic amines) is 1. The summed E-state index contributed by atoms with van der Waals surface area (Å²) in [6.45, 7) is 2.21. The SMILES string of the molecule is COc1cccc(CCc2nc3cccnc3n2C2CCN(C(=O)C3CCCO3)CC2)c1. The van der Waals surface area contributed by atoms with Crippen molar-refractivity contribution in [3.63, 3.8) is 0 Å². The van der Waals surface area contributed by atoms with E-state index in [0.29, 0.717) is 12.6 Å². The van der Waals surface area contributed by atoms with Gasteiger partial charge >= 0.3 is 0 Å². The number of fused-ring (bicyclic) bond motifs is 1. The first-order valence-corrected chi connectivity index (χ1v) is 11.6. The quantitative estimate of drug-likeness (QED) is 0.593. The van der Waals surface area contributed by atoms with Gasteiger partial charge in [0.15, 0.2) is 5.65 Å². The van der Waals surface area contributed by atoms with Crippen molar-refractivity contribution in [1.29, 1.82) is 0 Å². The number of aromatic nitrogens is 3. The van der Waals surface area contributed by atoms with Crippen molar-refractivity contribution >= 4 is 17.1 Å². The van der Waals surface area contributed by atoms with E-state index in [1.54, 1.807) is 7.11 Å². The highest BCUT2D eigenvalue weighted by atomic mass is 16.5. The van der Waals surface area contributed by atoms with Gasteiger partial charge in [0.05, 0.1) is 7.11 Å². The Labute approximate surface area is 188 Å². The first-order valence-electron chi connectivity index (χ1n) is 11.6. The van der Waals surface area contributed by atoms with Gasteiger partial charge in [0.2, 0.25) is 0 Å². The molecule has 32 heavy (non-hydrogen) atoms. The highest BCUT2D eigenvalue weighted by molar-refractivity contribution is 5.81. The molecule has 1 aromatic carbocycles. The minimum Gasteiger partial charge on any atom is -0.497 e. The maximum atomic E-state index is 12.7. The molecule has 2 fully saturated rings. The molecule has 2 aliphatic heterocycles. The number of benzene rings is 1. The summed E-state index contributed by atoms with van der Waals surface area (Å²) in [4.78, 5) is 24.3. The summed E-state index contributed by atoms with van der Waals surface area (Å²) >= 11 is 0. The van der Waals surface area contributed by atoms with Gasteiger partial charge in [0.25, 0.3) is 5.91 Å². The van der Waals surface area contributed by atoms with Gasteiger partial charge in [-0.3, -0.25) is 4.79 Å².